The predicted molar refractivity (Wildman–Crippen MR) is 102 cm³/mol. The lowest BCUT2D eigenvalue weighted by Gasteiger charge is -2.26. The second-order valence-corrected chi connectivity index (χ2v) is 9.33. The second kappa shape index (κ2) is 7.44. The van der Waals surface area contributed by atoms with Crippen molar-refractivity contribution in [2.24, 2.45) is 0 Å². The first kappa shape index (κ1) is 19.3. The molecule has 0 aliphatic rings. The summed E-state index contributed by atoms with van der Waals surface area (Å²) in [5.41, 5.74) is 2.55. The molecule has 0 heterocycles. The lowest BCUT2D eigenvalue weighted by atomic mass is 9.98. The van der Waals surface area contributed by atoms with Crippen LogP contribution in [0.5, 0.6) is 0 Å². The topological polar surface area (TPSA) is 46.2 Å². The van der Waals surface area contributed by atoms with Gasteiger partial charge in [0.2, 0.25) is 10.0 Å². The van der Waals surface area contributed by atoms with E-state index in [4.69, 9.17) is 23.2 Å². The van der Waals surface area contributed by atoms with Gasteiger partial charge in [-0.05, 0) is 55.2 Å². The fourth-order valence-corrected chi connectivity index (χ4v) is 4.16. The summed E-state index contributed by atoms with van der Waals surface area (Å²) in [6.45, 7) is 5.78. The standard InChI is InChI=1S/C18H21Cl2NO2S/c1-4-9-21-24(22,23)18(2,3)15-7-5-13(6-8-15)14-10-16(19)12-17(20)11-14/h5-8,10-12,21H,4,9H2,1-3H3. The van der Waals surface area contributed by atoms with Crippen LogP contribution in [-0.4, -0.2) is 15.0 Å². The van der Waals surface area contributed by atoms with E-state index in [2.05, 4.69) is 4.72 Å². The maximum atomic E-state index is 12.5. The Morgan fingerprint density at radius 3 is 2.00 bits per heavy atom. The Kier molecular flexibility index (Phi) is 5.97. The van der Waals surface area contributed by atoms with Gasteiger partial charge in [-0.3, -0.25) is 0 Å². The van der Waals surface area contributed by atoms with E-state index in [-0.39, 0.29) is 0 Å². The molecule has 1 N–H and O–H groups in total. The fourth-order valence-electron chi connectivity index (χ4n) is 2.36. The number of sulfonamides is 1. The maximum Gasteiger partial charge on any atom is 0.221 e. The van der Waals surface area contributed by atoms with E-state index in [0.717, 1.165) is 23.1 Å². The summed E-state index contributed by atoms with van der Waals surface area (Å²) in [4.78, 5) is 0. The molecule has 130 valence electrons. The highest BCUT2D eigenvalue weighted by molar-refractivity contribution is 7.90. The van der Waals surface area contributed by atoms with E-state index in [0.29, 0.717) is 16.6 Å². The Morgan fingerprint density at radius 1 is 0.958 bits per heavy atom. The monoisotopic (exact) mass is 385 g/mol. The highest BCUT2D eigenvalue weighted by atomic mass is 35.5. The Bertz CT molecular complexity index is 795. The van der Waals surface area contributed by atoms with Crippen LogP contribution in [0.1, 0.15) is 32.8 Å². The molecule has 2 aromatic rings. The third kappa shape index (κ3) is 4.12. The first-order valence-corrected chi connectivity index (χ1v) is 9.97. The minimum absolute atomic E-state index is 0.435. The van der Waals surface area contributed by atoms with Crippen molar-refractivity contribution in [3.63, 3.8) is 0 Å². The molecule has 0 spiro atoms. The Morgan fingerprint density at radius 2 is 1.50 bits per heavy atom. The lowest BCUT2D eigenvalue weighted by Crippen LogP contribution is -2.39. The molecule has 2 aromatic carbocycles. The quantitative estimate of drug-likeness (QED) is 0.739. The number of benzene rings is 2. The zero-order valence-corrected chi connectivity index (χ0v) is 16.3. The molecule has 0 aliphatic carbocycles. The SMILES string of the molecule is CCCNS(=O)(=O)C(C)(C)c1ccc(-c2cc(Cl)cc(Cl)c2)cc1. The molecule has 0 saturated heterocycles. The van der Waals surface area contributed by atoms with Crippen LogP contribution in [0.15, 0.2) is 42.5 Å². The lowest BCUT2D eigenvalue weighted by molar-refractivity contribution is 0.539. The van der Waals surface area contributed by atoms with E-state index in [9.17, 15) is 8.42 Å². The summed E-state index contributed by atoms with van der Waals surface area (Å²) in [7, 11) is -3.46. The average Bonchev–Trinajstić information content (AvgIpc) is 2.52. The number of hydrogen-bond acceptors (Lipinski definition) is 2. The average molecular weight is 386 g/mol. The van der Waals surface area contributed by atoms with E-state index in [1.807, 2.05) is 43.3 Å². The Balaban J connectivity index is 2.34. The maximum absolute atomic E-state index is 12.5. The molecular formula is C18H21Cl2NO2S. The van der Waals surface area contributed by atoms with Crippen LogP contribution in [0.2, 0.25) is 10.0 Å². The molecule has 0 atom stereocenters. The largest absolute Gasteiger partial charge is 0.221 e. The van der Waals surface area contributed by atoms with Gasteiger partial charge in [0.1, 0.15) is 4.75 Å². The van der Waals surface area contributed by atoms with Gasteiger partial charge in [-0.2, -0.15) is 0 Å². The fraction of sp³-hybridized carbons (Fsp3) is 0.333. The molecule has 0 bridgehead atoms. The van der Waals surface area contributed by atoms with Crippen LogP contribution in [0, 0.1) is 0 Å². The predicted octanol–water partition coefficient (Wildman–Crippen LogP) is 5.22. The van der Waals surface area contributed by atoms with Crippen molar-refractivity contribution in [3.05, 3.63) is 58.1 Å². The molecule has 24 heavy (non-hydrogen) atoms. The Labute approximate surface area is 154 Å². The molecule has 0 radical (unpaired) electrons. The second-order valence-electron chi connectivity index (χ2n) is 6.14. The number of rotatable bonds is 6. The third-order valence-corrected chi connectivity index (χ3v) is 6.59. The summed E-state index contributed by atoms with van der Waals surface area (Å²) < 4.78 is 26.6. The number of nitrogens with one attached hydrogen (secondary N) is 1. The highest BCUT2D eigenvalue weighted by Gasteiger charge is 2.35. The molecule has 3 nitrogen and oxygen atoms in total. The molecule has 0 amide bonds. The minimum Gasteiger partial charge on any atom is -0.214 e. The summed E-state index contributed by atoms with van der Waals surface area (Å²) in [6, 6.07) is 12.8. The number of hydrogen-bond donors (Lipinski definition) is 1. The zero-order valence-electron chi connectivity index (χ0n) is 13.9. The van der Waals surface area contributed by atoms with Gasteiger partial charge in [0.15, 0.2) is 0 Å². The first-order chi connectivity index (χ1) is 11.2. The van der Waals surface area contributed by atoms with Crippen molar-refractivity contribution in [2.45, 2.75) is 31.9 Å². The smallest absolute Gasteiger partial charge is 0.214 e. The van der Waals surface area contributed by atoms with Crippen LogP contribution >= 0.6 is 23.2 Å². The van der Waals surface area contributed by atoms with Gasteiger partial charge in [0, 0.05) is 16.6 Å². The van der Waals surface area contributed by atoms with E-state index >= 15 is 0 Å². The molecule has 2 rings (SSSR count). The Hall–Kier alpha value is -1.07. The van der Waals surface area contributed by atoms with Gasteiger partial charge in [-0.1, -0.05) is 54.4 Å². The van der Waals surface area contributed by atoms with Crippen molar-refractivity contribution in [2.75, 3.05) is 6.54 Å². The summed E-state index contributed by atoms with van der Waals surface area (Å²) >= 11 is 12.1. The van der Waals surface area contributed by atoms with Crippen molar-refractivity contribution in [1.29, 1.82) is 0 Å². The summed E-state index contributed by atoms with van der Waals surface area (Å²) in [5, 5.41) is 1.13. The van der Waals surface area contributed by atoms with Gasteiger partial charge in [-0.15, -0.1) is 0 Å². The third-order valence-electron chi connectivity index (χ3n) is 3.99. The molecule has 0 aliphatic heterocycles. The highest BCUT2D eigenvalue weighted by Crippen LogP contribution is 2.32. The van der Waals surface area contributed by atoms with Crippen LogP contribution in [0.3, 0.4) is 0 Å². The van der Waals surface area contributed by atoms with Crippen molar-refractivity contribution >= 4 is 33.2 Å². The van der Waals surface area contributed by atoms with Gasteiger partial charge in [0.05, 0.1) is 0 Å². The van der Waals surface area contributed by atoms with Crippen molar-refractivity contribution in [1.82, 2.24) is 4.72 Å². The van der Waals surface area contributed by atoms with Crippen LogP contribution in [0.4, 0.5) is 0 Å². The molecule has 0 saturated carbocycles. The first-order valence-electron chi connectivity index (χ1n) is 7.73. The van der Waals surface area contributed by atoms with Gasteiger partial charge >= 0.3 is 0 Å². The molecule has 0 fully saturated rings. The van der Waals surface area contributed by atoms with Gasteiger partial charge in [0.25, 0.3) is 0 Å². The molecular weight excluding hydrogens is 365 g/mol. The molecule has 6 heteroatoms. The van der Waals surface area contributed by atoms with Crippen LogP contribution in [0.25, 0.3) is 11.1 Å². The van der Waals surface area contributed by atoms with Crippen molar-refractivity contribution < 1.29 is 8.42 Å². The van der Waals surface area contributed by atoms with E-state index in [1.54, 1.807) is 19.9 Å². The van der Waals surface area contributed by atoms with E-state index in [1.165, 1.54) is 0 Å². The van der Waals surface area contributed by atoms with Crippen LogP contribution < -0.4 is 4.72 Å². The van der Waals surface area contributed by atoms with Crippen molar-refractivity contribution in [3.8, 4) is 11.1 Å². The van der Waals surface area contributed by atoms with Gasteiger partial charge in [-0.25, -0.2) is 13.1 Å². The minimum atomic E-state index is -3.46. The molecule has 0 unspecified atom stereocenters. The van der Waals surface area contributed by atoms with Crippen LogP contribution in [-0.2, 0) is 14.8 Å². The van der Waals surface area contributed by atoms with E-state index < -0.39 is 14.8 Å². The summed E-state index contributed by atoms with van der Waals surface area (Å²) in [6.07, 6.45) is 0.754. The van der Waals surface area contributed by atoms with Gasteiger partial charge < -0.3 is 0 Å². The number of halogens is 2. The molecule has 0 aromatic heterocycles. The normalized spacial score (nSPS) is 12.4. The zero-order chi connectivity index (χ0) is 18.0. The summed E-state index contributed by atoms with van der Waals surface area (Å²) in [5.74, 6) is 0.